The maximum atomic E-state index is 13.1. The zero-order valence-electron chi connectivity index (χ0n) is 15.7. The van der Waals surface area contributed by atoms with Gasteiger partial charge in [-0.3, -0.25) is 4.79 Å². The Labute approximate surface area is 156 Å². The van der Waals surface area contributed by atoms with Gasteiger partial charge in [0.1, 0.15) is 0 Å². The number of hydrogen-bond acceptors (Lipinski definition) is 3. The molecule has 1 fully saturated rings. The molecule has 0 radical (unpaired) electrons. The van der Waals surface area contributed by atoms with Crippen LogP contribution in [0.4, 0.5) is 5.69 Å². The molecule has 1 amide bonds. The van der Waals surface area contributed by atoms with Crippen molar-refractivity contribution in [1.82, 2.24) is 4.90 Å². The topological polar surface area (TPSA) is 32.8 Å². The first kappa shape index (κ1) is 18.5. The largest absolute Gasteiger partial charge is 0.378 e. The van der Waals surface area contributed by atoms with Gasteiger partial charge in [0.05, 0.1) is 19.1 Å². The predicted octanol–water partition coefficient (Wildman–Crippen LogP) is 3.68. The molecule has 138 valence electrons. The fourth-order valence-corrected chi connectivity index (χ4v) is 3.59. The molecule has 0 aliphatic carbocycles. The lowest BCUT2D eigenvalue weighted by Crippen LogP contribution is -2.37. The summed E-state index contributed by atoms with van der Waals surface area (Å²) in [6, 6.07) is 18.5. The first-order chi connectivity index (χ1) is 12.7. The molecule has 0 aromatic heterocycles. The molecule has 0 saturated carbocycles. The summed E-state index contributed by atoms with van der Waals surface area (Å²) >= 11 is 0. The second-order valence-corrected chi connectivity index (χ2v) is 6.79. The number of para-hydroxylation sites is 1. The number of benzene rings is 2. The van der Waals surface area contributed by atoms with Crippen LogP contribution in [-0.2, 0) is 16.1 Å². The molecule has 3 rings (SSSR count). The molecule has 4 heteroatoms. The van der Waals surface area contributed by atoms with Gasteiger partial charge in [-0.15, -0.1) is 0 Å². The second-order valence-electron chi connectivity index (χ2n) is 6.79. The SMILES string of the molecule is CC[C@H](C(=O)N(C)Cc1ccccc1N1CCOCC1)c1ccccc1. The summed E-state index contributed by atoms with van der Waals surface area (Å²) in [5.41, 5.74) is 3.49. The molecule has 0 spiro atoms. The van der Waals surface area contributed by atoms with Crippen LogP contribution in [0.3, 0.4) is 0 Å². The Morgan fingerprint density at radius 3 is 2.42 bits per heavy atom. The summed E-state index contributed by atoms with van der Waals surface area (Å²) in [7, 11) is 1.91. The fraction of sp³-hybridized carbons (Fsp3) is 0.409. The zero-order chi connectivity index (χ0) is 18.4. The maximum Gasteiger partial charge on any atom is 0.230 e. The average Bonchev–Trinajstić information content (AvgIpc) is 2.70. The molecule has 1 aliphatic heterocycles. The number of likely N-dealkylation sites (N-methyl/N-ethyl adjacent to an activating group) is 1. The Morgan fingerprint density at radius 2 is 1.73 bits per heavy atom. The number of ether oxygens (including phenoxy) is 1. The standard InChI is InChI=1S/C22H28N2O2/c1-3-20(18-9-5-4-6-10-18)22(25)23(2)17-19-11-7-8-12-21(19)24-13-15-26-16-14-24/h4-12,20H,3,13-17H2,1-2H3/t20-/m0/s1. The highest BCUT2D eigenvalue weighted by Crippen LogP contribution is 2.26. The maximum absolute atomic E-state index is 13.1. The number of morpholine rings is 1. The van der Waals surface area contributed by atoms with E-state index in [0.717, 1.165) is 38.3 Å². The van der Waals surface area contributed by atoms with Crippen molar-refractivity contribution >= 4 is 11.6 Å². The number of carbonyl (C=O) groups is 1. The van der Waals surface area contributed by atoms with Gasteiger partial charge in [0, 0.05) is 32.4 Å². The quantitative estimate of drug-likeness (QED) is 0.795. The third-order valence-electron chi connectivity index (χ3n) is 5.04. The van der Waals surface area contributed by atoms with Crippen LogP contribution < -0.4 is 4.90 Å². The molecule has 26 heavy (non-hydrogen) atoms. The lowest BCUT2D eigenvalue weighted by atomic mass is 9.95. The summed E-state index contributed by atoms with van der Waals surface area (Å²) in [5, 5.41) is 0. The summed E-state index contributed by atoms with van der Waals surface area (Å²) in [5.74, 6) is 0.0900. The highest BCUT2D eigenvalue weighted by Gasteiger charge is 2.23. The van der Waals surface area contributed by atoms with Gasteiger partial charge in [0.2, 0.25) is 5.91 Å². The summed E-state index contributed by atoms with van der Waals surface area (Å²) in [6.45, 7) is 6.01. The minimum absolute atomic E-state index is 0.0863. The predicted molar refractivity (Wildman–Crippen MR) is 105 cm³/mol. The monoisotopic (exact) mass is 352 g/mol. The average molecular weight is 352 g/mol. The third-order valence-corrected chi connectivity index (χ3v) is 5.04. The molecule has 1 aliphatic rings. The number of nitrogens with zero attached hydrogens (tertiary/aromatic N) is 2. The lowest BCUT2D eigenvalue weighted by molar-refractivity contribution is -0.132. The van der Waals surface area contributed by atoms with Crippen LogP contribution in [0.15, 0.2) is 54.6 Å². The molecule has 0 N–H and O–H groups in total. The zero-order valence-corrected chi connectivity index (χ0v) is 15.7. The van der Waals surface area contributed by atoms with Gasteiger partial charge in [0.25, 0.3) is 0 Å². The molecule has 2 aromatic rings. The molecule has 2 aromatic carbocycles. The summed E-state index contributed by atoms with van der Waals surface area (Å²) in [6.07, 6.45) is 0.804. The van der Waals surface area contributed by atoms with Gasteiger partial charge in [-0.05, 0) is 23.6 Å². The molecule has 1 saturated heterocycles. The van der Waals surface area contributed by atoms with Gasteiger partial charge in [-0.2, -0.15) is 0 Å². The number of rotatable bonds is 6. The first-order valence-electron chi connectivity index (χ1n) is 9.41. The van der Waals surface area contributed by atoms with Crippen molar-refractivity contribution in [2.75, 3.05) is 38.3 Å². The normalized spacial score (nSPS) is 15.5. The van der Waals surface area contributed by atoms with Gasteiger partial charge < -0.3 is 14.5 Å². The smallest absolute Gasteiger partial charge is 0.230 e. The molecule has 4 nitrogen and oxygen atoms in total. The van der Waals surface area contributed by atoms with Crippen LogP contribution in [0.1, 0.15) is 30.4 Å². The van der Waals surface area contributed by atoms with Gasteiger partial charge in [-0.1, -0.05) is 55.5 Å². The van der Waals surface area contributed by atoms with E-state index < -0.39 is 0 Å². The fourth-order valence-electron chi connectivity index (χ4n) is 3.59. The second kappa shape index (κ2) is 8.86. The molecule has 0 unspecified atom stereocenters. The minimum atomic E-state index is -0.0863. The van der Waals surface area contributed by atoms with Crippen LogP contribution >= 0.6 is 0 Å². The van der Waals surface area contributed by atoms with Crippen LogP contribution in [0.5, 0.6) is 0 Å². The number of carbonyl (C=O) groups excluding carboxylic acids is 1. The minimum Gasteiger partial charge on any atom is -0.378 e. The Balaban J connectivity index is 1.75. The van der Waals surface area contributed by atoms with Gasteiger partial charge in [0.15, 0.2) is 0 Å². The number of amides is 1. The van der Waals surface area contributed by atoms with E-state index in [1.54, 1.807) is 0 Å². The number of hydrogen-bond donors (Lipinski definition) is 0. The van der Waals surface area contributed by atoms with E-state index in [2.05, 4.69) is 30.0 Å². The van der Waals surface area contributed by atoms with Crippen LogP contribution in [0.25, 0.3) is 0 Å². The molecular weight excluding hydrogens is 324 g/mol. The lowest BCUT2D eigenvalue weighted by Gasteiger charge is -2.32. The molecule has 1 atom stereocenters. The van der Waals surface area contributed by atoms with E-state index >= 15 is 0 Å². The van der Waals surface area contributed by atoms with Crippen molar-refractivity contribution in [3.8, 4) is 0 Å². The van der Waals surface area contributed by atoms with E-state index in [4.69, 9.17) is 4.74 Å². The van der Waals surface area contributed by atoms with E-state index in [1.165, 1.54) is 11.3 Å². The van der Waals surface area contributed by atoms with Crippen molar-refractivity contribution < 1.29 is 9.53 Å². The summed E-state index contributed by atoms with van der Waals surface area (Å²) < 4.78 is 5.47. The molecule has 1 heterocycles. The highest BCUT2D eigenvalue weighted by atomic mass is 16.5. The highest BCUT2D eigenvalue weighted by molar-refractivity contribution is 5.83. The Morgan fingerprint density at radius 1 is 1.08 bits per heavy atom. The van der Waals surface area contributed by atoms with Crippen molar-refractivity contribution in [3.05, 3.63) is 65.7 Å². The van der Waals surface area contributed by atoms with E-state index in [-0.39, 0.29) is 11.8 Å². The Kier molecular flexibility index (Phi) is 6.29. The van der Waals surface area contributed by atoms with E-state index in [1.807, 2.05) is 48.3 Å². The Hall–Kier alpha value is -2.33. The molecular formula is C22H28N2O2. The Bertz CT molecular complexity index is 711. The van der Waals surface area contributed by atoms with Crippen LogP contribution in [-0.4, -0.2) is 44.2 Å². The van der Waals surface area contributed by atoms with Crippen molar-refractivity contribution in [2.24, 2.45) is 0 Å². The van der Waals surface area contributed by atoms with E-state index in [9.17, 15) is 4.79 Å². The summed E-state index contributed by atoms with van der Waals surface area (Å²) in [4.78, 5) is 17.3. The first-order valence-corrected chi connectivity index (χ1v) is 9.41. The third kappa shape index (κ3) is 4.25. The van der Waals surface area contributed by atoms with Crippen LogP contribution in [0.2, 0.25) is 0 Å². The van der Waals surface area contributed by atoms with Gasteiger partial charge in [-0.25, -0.2) is 0 Å². The van der Waals surface area contributed by atoms with E-state index in [0.29, 0.717) is 6.54 Å². The number of anilines is 1. The molecule has 0 bridgehead atoms. The van der Waals surface area contributed by atoms with Crippen molar-refractivity contribution in [3.63, 3.8) is 0 Å². The van der Waals surface area contributed by atoms with Crippen molar-refractivity contribution in [2.45, 2.75) is 25.8 Å². The van der Waals surface area contributed by atoms with Crippen molar-refractivity contribution in [1.29, 1.82) is 0 Å². The van der Waals surface area contributed by atoms with Crippen LogP contribution in [0, 0.1) is 0 Å². The van der Waals surface area contributed by atoms with Gasteiger partial charge >= 0.3 is 0 Å².